The van der Waals surface area contributed by atoms with Gasteiger partial charge >= 0.3 is 5.97 Å². The number of rotatable bonds is 8. The number of anilines is 1. The van der Waals surface area contributed by atoms with Crippen molar-refractivity contribution in [2.24, 2.45) is 0 Å². The van der Waals surface area contributed by atoms with Gasteiger partial charge in [0.05, 0.1) is 18.5 Å². The van der Waals surface area contributed by atoms with Gasteiger partial charge in [-0.2, -0.15) is 0 Å². The molecule has 0 fully saturated rings. The molecule has 0 saturated carbocycles. The first-order valence-electron chi connectivity index (χ1n) is 7.12. The number of imidazole rings is 1. The third-order valence-electron chi connectivity index (χ3n) is 2.98. The van der Waals surface area contributed by atoms with Gasteiger partial charge in [0.2, 0.25) is 0 Å². The fourth-order valence-electron chi connectivity index (χ4n) is 1.89. The van der Waals surface area contributed by atoms with Crippen LogP contribution in [0, 0.1) is 0 Å². The second-order valence-electron chi connectivity index (χ2n) is 4.59. The Morgan fingerprint density at radius 2 is 2.29 bits per heavy atom. The summed E-state index contributed by atoms with van der Waals surface area (Å²) in [6, 6.07) is 3.51. The van der Waals surface area contributed by atoms with Crippen LogP contribution in [0.2, 0.25) is 0 Å². The Labute approximate surface area is 124 Å². The van der Waals surface area contributed by atoms with Crippen LogP contribution in [0.5, 0.6) is 0 Å². The molecule has 6 nitrogen and oxygen atoms in total. The molecular formula is C15H20N4O2. The molecule has 0 saturated heterocycles. The zero-order valence-electron chi connectivity index (χ0n) is 12.2. The van der Waals surface area contributed by atoms with Crippen molar-refractivity contribution >= 4 is 11.8 Å². The SMILES string of the molecule is CCOC(=O)c1ccc(NCCCCn2ccnc2)nc1. The molecule has 2 aromatic rings. The van der Waals surface area contributed by atoms with Gasteiger partial charge in [0, 0.05) is 31.7 Å². The van der Waals surface area contributed by atoms with Crippen molar-refractivity contribution in [3.63, 3.8) is 0 Å². The van der Waals surface area contributed by atoms with Crippen molar-refractivity contribution in [3.05, 3.63) is 42.6 Å². The number of nitrogens with zero attached hydrogens (tertiary/aromatic N) is 3. The number of ether oxygens (including phenoxy) is 1. The van der Waals surface area contributed by atoms with E-state index in [1.807, 2.05) is 12.5 Å². The normalized spacial score (nSPS) is 10.3. The van der Waals surface area contributed by atoms with E-state index in [-0.39, 0.29) is 5.97 Å². The maximum absolute atomic E-state index is 11.5. The van der Waals surface area contributed by atoms with Crippen LogP contribution in [-0.4, -0.2) is 33.7 Å². The van der Waals surface area contributed by atoms with E-state index in [0.29, 0.717) is 12.2 Å². The summed E-state index contributed by atoms with van der Waals surface area (Å²) in [7, 11) is 0. The van der Waals surface area contributed by atoms with Crippen molar-refractivity contribution in [1.82, 2.24) is 14.5 Å². The Balaban J connectivity index is 1.67. The minimum atomic E-state index is -0.336. The molecule has 112 valence electrons. The molecule has 6 heteroatoms. The Kier molecular flexibility index (Phi) is 5.75. The van der Waals surface area contributed by atoms with Crippen molar-refractivity contribution in [1.29, 1.82) is 0 Å². The van der Waals surface area contributed by atoms with Gasteiger partial charge in [0.15, 0.2) is 0 Å². The van der Waals surface area contributed by atoms with Gasteiger partial charge < -0.3 is 14.6 Å². The quantitative estimate of drug-likeness (QED) is 0.596. The van der Waals surface area contributed by atoms with Gasteiger partial charge in [0.1, 0.15) is 5.82 Å². The number of unbranched alkanes of at least 4 members (excludes halogenated alkanes) is 1. The molecule has 0 spiro atoms. The molecule has 2 heterocycles. The second kappa shape index (κ2) is 8.04. The zero-order chi connectivity index (χ0) is 14.9. The molecule has 0 bridgehead atoms. The van der Waals surface area contributed by atoms with Crippen LogP contribution in [0.25, 0.3) is 0 Å². The number of aryl methyl sites for hydroxylation is 1. The van der Waals surface area contributed by atoms with E-state index in [0.717, 1.165) is 31.7 Å². The number of esters is 1. The summed E-state index contributed by atoms with van der Waals surface area (Å²) in [5, 5.41) is 3.23. The van der Waals surface area contributed by atoms with E-state index in [4.69, 9.17) is 4.74 Å². The summed E-state index contributed by atoms with van der Waals surface area (Å²) >= 11 is 0. The Morgan fingerprint density at radius 1 is 1.38 bits per heavy atom. The Bertz CT molecular complexity index is 537. The number of hydrogen-bond donors (Lipinski definition) is 1. The first-order chi connectivity index (χ1) is 10.3. The standard InChI is InChI=1S/C15H20N4O2/c1-2-21-15(20)13-5-6-14(18-11-13)17-7-3-4-9-19-10-8-16-12-19/h5-6,8,10-12H,2-4,7,9H2,1H3,(H,17,18). The lowest BCUT2D eigenvalue weighted by atomic mass is 10.3. The van der Waals surface area contributed by atoms with E-state index >= 15 is 0 Å². The lowest BCUT2D eigenvalue weighted by Gasteiger charge is -2.07. The number of carbonyl (C=O) groups excluding carboxylic acids is 1. The fourth-order valence-corrected chi connectivity index (χ4v) is 1.89. The summed E-state index contributed by atoms with van der Waals surface area (Å²) < 4.78 is 6.97. The van der Waals surface area contributed by atoms with Gasteiger partial charge in [-0.3, -0.25) is 0 Å². The molecule has 21 heavy (non-hydrogen) atoms. The summed E-state index contributed by atoms with van der Waals surface area (Å²) in [6.07, 6.45) is 9.22. The largest absolute Gasteiger partial charge is 0.462 e. The number of pyridine rings is 1. The molecular weight excluding hydrogens is 268 g/mol. The van der Waals surface area contributed by atoms with Crippen molar-refractivity contribution in [2.45, 2.75) is 26.3 Å². The van der Waals surface area contributed by atoms with Gasteiger partial charge in [0.25, 0.3) is 0 Å². The summed E-state index contributed by atoms with van der Waals surface area (Å²) in [5.74, 6) is 0.433. The third kappa shape index (κ3) is 4.91. The van der Waals surface area contributed by atoms with E-state index < -0.39 is 0 Å². The van der Waals surface area contributed by atoms with Gasteiger partial charge in [-0.05, 0) is 31.9 Å². The monoisotopic (exact) mass is 288 g/mol. The molecule has 2 aromatic heterocycles. The predicted octanol–water partition coefficient (Wildman–Crippen LogP) is 2.35. The van der Waals surface area contributed by atoms with Gasteiger partial charge in [-0.15, -0.1) is 0 Å². The predicted molar refractivity (Wildman–Crippen MR) is 80.1 cm³/mol. The number of nitrogens with one attached hydrogen (secondary N) is 1. The lowest BCUT2D eigenvalue weighted by Crippen LogP contribution is -2.07. The molecule has 2 rings (SSSR count). The van der Waals surface area contributed by atoms with Crippen molar-refractivity contribution in [3.8, 4) is 0 Å². The summed E-state index contributed by atoms with van der Waals surface area (Å²) in [6.45, 7) is 3.97. The van der Waals surface area contributed by atoms with Crippen LogP contribution >= 0.6 is 0 Å². The average Bonchev–Trinajstić information content (AvgIpc) is 3.01. The fraction of sp³-hybridized carbons (Fsp3) is 0.400. The topological polar surface area (TPSA) is 69.0 Å². The van der Waals surface area contributed by atoms with Gasteiger partial charge in [-0.1, -0.05) is 0 Å². The molecule has 0 aliphatic rings. The van der Waals surface area contributed by atoms with Crippen molar-refractivity contribution < 1.29 is 9.53 Å². The minimum Gasteiger partial charge on any atom is -0.462 e. The van der Waals surface area contributed by atoms with Crippen LogP contribution in [0.4, 0.5) is 5.82 Å². The van der Waals surface area contributed by atoms with E-state index in [9.17, 15) is 4.79 Å². The van der Waals surface area contributed by atoms with Crippen LogP contribution in [0.15, 0.2) is 37.1 Å². The summed E-state index contributed by atoms with van der Waals surface area (Å²) in [5.41, 5.74) is 0.475. The minimum absolute atomic E-state index is 0.336. The molecule has 0 radical (unpaired) electrons. The second-order valence-corrected chi connectivity index (χ2v) is 4.59. The molecule has 0 aromatic carbocycles. The zero-order valence-corrected chi connectivity index (χ0v) is 12.2. The number of aromatic nitrogens is 3. The third-order valence-corrected chi connectivity index (χ3v) is 2.98. The molecule has 0 aliphatic heterocycles. The van der Waals surface area contributed by atoms with Crippen molar-refractivity contribution in [2.75, 3.05) is 18.5 Å². The first-order valence-corrected chi connectivity index (χ1v) is 7.12. The Hall–Kier alpha value is -2.37. The molecule has 0 amide bonds. The molecule has 0 aliphatic carbocycles. The number of hydrogen-bond acceptors (Lipinski definition) is 5. The maximum Gasteiger partial charge on any atom is 0.339 e. The van der Waals surface area contributed by atoms with Crippen LogP contribution in [-0.2, 0) is 11.3 Å². The first kappa shape index (κ1) is 15.0. The van der Waals surface area contributed by atoms with E-state index in [1.54, 1.807) is 25.3 Å². The molecule has 0 unspecified atom stereocenters. The highest BCUT2D eigenvalue weighted by atomic mass is 16.5. The highest BCUT2D eigenvalue weighted by Gasteiger charge is 2.06. The van der Waals surface area contributed by atoms with Crippen LogP contribution < -0.4 is 5.32 Å². The lowest BCUT2D eigenvalue weighted by molar-refractivity contribution is 0.0526. The highest BCUT2D eigenvalue weighted by molar-refractivity contribution is 5.89. The van der Waals surface area contributed by atoms with Gasteiger partial charge in [-0.25, -0.2) is 14.8 Å². The summed E-state index contributed by atoms with van der Waals surface area (Å²) in [4.78, 5) is 19.7. The number of carbonyl (C=O) groups is 1. The molecule has 1 N–H and O–H groups in total. The van der Waals surface area contributed by atoms with Crippen LogP contribution in [0.3, 0.4) is 0 Å². The smallest absolute Gasteiger partial charge is 0.339 e. The molecule has 0 atom stereocenters. The average molecular weight is 288 g/mol. The Morgan fingerprint density at radius 3 is 2.95 bits per heavy atom. The van der Waals surface area contributed by atoms with E-state index in [2.05, 4.69) is 19.9 Å². The maximum atomic E-state index is 11.5. The van der Waals surface area contributed by atoms with Crippen LogP contribution in [0.1, 0.15) is 30.1 Å². The highest BCUT2D eigenvalue weighted by Crippen LogP contribution is 2.07. The van der Waals surface area contributed by atoms with E-state index in [1.165, 1.54) is 6.20 Å².